The van der Waals surface area contributed by atoms with Crippen molar-refractivity contribution in [1.82, 2.24) is 0 Å². The Balaban J connectivity index is 3.25. The number of halogens is 1. The van der Waals surface area contributed by atoms with Crippen molar-refractivity contribution in [3.05, 3.63) is 0 Å². The zero-order valence-electron chi connectivity index (χ0n) is 7.31. The molecule has 0 aliphatic carbocycles. The maximum absolute atomic E-state index is 5.37. The van der Waals surface area contributed by atoms with Gasteiger partial charge in [-0.1, -0.05) is 29.8 Å². The molecule has 0 aromatic rings. The smallest absolute Gasteiger partial charge is 0.167 e. The molecule has 0 radical (unpaired) electrons. The van der Waals surface area contributed by atoms with Gasteiger partial charge in [-0.15, -0.1) is 0 Å². The van der Waals surface area contributed by atoms with Crippen molar-refractivity contribution in [3.63, 3.8) is 0 Å². The molecule has 0 aliphatic heterocycles. The van der Waals surface area contributed by atoms with E-state index in [1.807, 2.05) is 0 Å². The van der Waals surface area contributed by atoms with E-state index in [0.717, 1.165) is 31.4 Å². The van der Waals surface area contributed by atoms with E-state index in [1.54, 1.807) is 0 Å². The molecule has 0 atom stereocenters. The summed E-state index contributed by atoms with van der Waals surface area (Å²) in [5, 5.41) is 0.757. The number of hydrogen-bond acceptors (Lipinski definition) is 2. The maximum Gasteiger partial charge on any atom is 0.167 e. The van der Waals surface area contributed by atoms with Crippen LogP contribution in [0, 0.1) is 0 Å². The van der Waals surface area contributed by atoms with Crippen LogP contribution in [0.15, 0.2) is 0 Å². The Kier molecular flexibility index (Phi) is 8.81. The van der Waals surface area contributed by atoms with E-state index >= 15 is 0 Å². The second kappa shape index (κ2) is 8.50. The third kappa shape index (κ3) is 6.78. The third-order valence-electron chi connectivity index (χ3n) is 1.14. The highest BCUT2D eigenvalue weighted by Crippen LogP contribution is 2.01. The van der Waals surface area contributed by atoms with Crippen LogP contribution in [0.5, 0.6) is 0 Å². The summed E-state index contributed by atoms with van der Waals surface area (Å²) in [7, 11) is 0. The lowest BCUT2D eigenvalue weighted by Gasteiger charge is -2.14. The summed E-state index contributed by atoms with van der Waals surface area (Å²) in [6, 6.07) is 0. The SMILES string of the molecule is CCCOC(CBr)OCCC. The molecule has 0 saturated heterocycles. The van der Waals surface area contributed by atoms with Crippen LogP contribution in [0.1, 0.15) is 26.7 Å². The summed E-state index contributed by atoms with van der Waals surface area (Å²) >= 11 is 3.33. The van der Waals surface area contributed by atoms with Crippen molar-refractivity contribution >= 4 is 15.9 Å². The first-order chi connectivity index (χ1) is 5.35. The zero-order chi connectivity index (χ0) is 8.53. The Hall–Kier alpha value is 0.400. The third-order valence-corrected chi connectivity index (χ3v) is 1.67. The molecule has 0 amide bonds. The first-order valence-corrected chi connectivity index (χ1v) is 5.26. The number of rotatable bonds is 7. The Bertz CT molecular complexity index is 70.5. The molecule has 2 nitrogen and oxygen atoms in total. The minimum Gasteiger partial charge on any atom is -0.352 e. The molecule has 0 spiro atoms. The standard InChI is InChI=1S/C8H17BrO2/c1-3-5-10-8(7-9)11-6-4-2/h8H,3-7H2,1-2H3. The zero-order valence-corrected chi connectivity index (χ0v) is 8.89. The summed E-state index contributed by atoms with van der Waals surface area (Å²) in [6.45, 7) is 5.73. The van der Waals surface area contributed by atoms with Crippen LogP contribution in [-0.2, 0) is 9.47 Å². The Labute approximate surface area is 77.4 Å². The summed E-state index contributed by atoms with van der Waals surface area (Å²) < 4.78 is 10.7. The maximum atomic E-state index is 5.37. The van der Waals surface area contributed by atoms with Crippen LogP contribution in [-0.4, -0.2) is 24.8 Å². The van der Waals surface area contributed by atoms with Gasteiger partial charge in [0.05, 0.1) is 5.33 Å². The molecule has 3 heteroatoms. The summed E-state index contributed by atoms with van der Waals surface area (Å²) in [5.74, 6) is 0. The topological polar surface area (TPSA) is 18.5 Å². The second-order valence-corrected chi connectivity index (χ2v) is 2.97. The van der Waals surface area contributed by atoms with E-state index in [4.69, 9.17) is 9.47 Å². The highest BCUT2D eigenvalue weighted by molar-refractivity contribution is 9.09. The molecule has 0 bridgehead atoms. The van der Waals surface area contributed by atoms with Gasteiger partial charge in [0.25, 0.3) is 0 Å². The molecule has 68 valence electrons. The van der Waals surface area contributed by atoms with Gasteiger partial charge in [-0.2, -0.15) is 0 Å². The van der Waals surface area contributed by atoms with Gasteiger partial charge in [0.15, 0.2) is 6.29 Å². The largest absolute Gasteiger partial charge is 0.352 e. The van der Waals surface area contributed by atoms with Gasteiger partial charge in [0.2, 0.25) is 0 Å². The van der Waals surface area contributed by atoms with Crippen molar-refractivity contribution in [1.29, 1.82) is 0 Å². The molecule has 0 aromatic heterocycles. The predicted molar refractivity (Wildman–Crippen MR) is 50.1 cm³/mol. The second-order valence-electron chi connectivity index (χ2n) is 2.33. The van der Waals surface area contributed by atoms with Crippen molar-refractivity contribution < 1.29 is 9.47 Å². The van der Waals surface area contributed by atoms with Crippen LogP contribution in [0.4, 0.5) is 0 Å². The van der Waals surface area contributed by atoms with Crippen LogP contribution >= 0.6 is 15.9 Å². The van der Waals surface area contributed by atoms with Crippen molar-refractivity contribution in [2.24, 2.45) is 0 Å². The molecule has 0 unspecified atom stereocenters. The Morgan fingerprint density at radius 1 is 1.09 bits per heavy atom. The molecule has 11 heavy (non-hydrogen) atoms. The number of hydrogen-bond donors (Lipinski definition) is 0. The minimum atomic E-state index is -0.0603. The normalized spacial score (nSPS) is 10.9. The number of ether oxygens (including phenoxy) is 2. The molecule has 0 rings (SSSR count). The fourth-order valence-corrected chi connectivity index (χ4v) is 1.01. The van der Waals surface area contributed by atoms with E-state index in [2.05, 4.69) is 29.8 Å². The van der Waals surface area contributed by atoms with Gasteiger partial charge >= 0.3 is 0 Å². The fourth-order valence-electron chi connectivity index (χ4n) is 0.636. The minimum absolute atomic E-state index is 0.0603. The van der Waals surface area contributed by atoms with Crippen LogP contribution in [0.25, 0.3) is 0 Å². The van der Waals surface area contributed by atoms with Gasteiger partial charge in [-0.05, 0) is 12.8 Å². The van der Waals surface area contributed by atoms with Gasteiger partial charge < -0.3 is 9.47 Å². The molecule has 0 saturated carbocycles. The highest BCUT2D eigenvalue weighted by Gasteiger charge is 2.04. The van der Waals surface area contributed by atoms with Crippen LogP contribution < -0.4 is 0 Å². The highest BCUT2D eigenvalue weighted by atomic mass is 79.9. The molecule has 0 heterocycles. The van der Waals surface area contributed by atoms with Crippen LogP contribution in [0.2, 0.25) is 0 Å². The van der Waals surface area contributed by atoms with E-state index in [-0.39, 0.29) is 6.29 Å². The average molecular weight is 225 g/mol. The molecule has 0 aromatic carbocycles. The predicted octanol–water partition coefficient (Wildman–Crippen LogP) is 2.56. The van der Waals surface area contributed by atoms with E-state index in [0.29, 0.717) is 0 Å². The monoisotopic (exact) mass is 224 g/mol. The molecular formula is C8H17BrO2. The van der Waals surface area contributed by atoms with Crippen LogP contribution in [0.3, 0.4) is 0 Å². The molecule has 0 aliphatic rings. The summed E-state index contributed by atoms with van der Waals surface area (Å²) in [5.41, 5.74) is 0. The Morgan fingerprint density at radius 3 is 1.82 bits per heavy atom. The lowest BCUT2D eigenvalue weighted by molar-refractivity contribution is -0.126. The van der Waals surface area contributed by atoms with Gasteiger partial charge in [0.1, 0.15) is 0 Å². The lowest BCUT2D eigenvalue weighted by atomic mass is 10.5. The van der Waals surface area contributed by atoms with E-state index in [9.17, 15) is 0 Å². The molecule has 0 N–H and O–H groups in total. The fraction of sp³-hybridized carbons (Fsp3) is 1.00. The van der Waals surface area contributed by atoms with Crippen molar-refractivity contribution in [3.8, 4) is 0 Å². The quantitative estimate of drug-likeness (QED) is 0.489. The molecule has 0 fully saturated rings. The summed E-state index contributed by atoms with van der Waals surface area (Å²) in [4.78, 5) is 0. The van der Waals surface area contributed by atoms with Crippen molar-refractivity contribution in [2.75, 3.05) is 18.5 Å². The molecular weight excluding hydrogens is 208 g/mol. The van der Waals surface area contributed by atoms with E-state index in [1.165, 1.54) is 0 Å². The first kappa shape index (κ1) is 11.4. The van der Waals surface area contributed by atoms with Gasteiger partial charge in [-0.25, -0.2) is 0 Å². The van der Waals surface area contributed by atoms with Gasteiger partial charge in [0, 0.05) is 13.2 Å². The average Bonchev–Trinajstić information content (AvgIpc) is 2.05. The Morgan fingerprint density at radius 2 is 1.55 bits per heavy atom. The van der Waals surface area contributed by atoms with E-state index < -0.39 is 0 Å². The van der Waals surface area contributed by atoms with Gasteiger partial charge in [-0.3, -0.25) is 0 Å². The lowest BCUT2D eigenvalue weighted by Crippen LogP contribution is -2.19. The first-order valence-electron chi connectivity index (χ1n) is 4.14. The van der Waals surface area contributed by atoms with Crippen molar-refractivity contribution in [2.45, 2.75) is 33.0 Å². The number of alkyl halides is 1. The summed E-state index contributed by atoms with van der Waals surface area (Å²) in [6.07, 6.45) is 2.02.